The average molecular weight is 402 g/mol. The summed E-state index contributed by atoms with van der Waals surface area (Å²) in [5, 5.41) is 5.98. The van der Waals surface area contributed by atoms with Crippen molar-refractivity contribution >= 4 is 23.6 Å². The molecule has 7 heteroatoms. The van der Waals surface area contributed by atoms with E-state index in [1.165, 1.54) is 0 Å². The maximum absolute atomic E-state index is 12.4. The molecule has 3 amide bonds. The maximum Gasteiger partial charge on any atom is 0.410 e. The summed E-state index contributed by atoms with van der Waals surface area (Å²) in [4.78, 5) is 38.4. The lowest BCUT2D eigenvalue weighted by Crippen LogP contribution is -2.47. The zero-order valence-electron chi connectivity index (χ0n) is 17.5. The average Bonchev–Trinajstić information content (AvgIpc) is 2.65. The minimum absolute atomic E-state index is 0.0119. The number of piperidine rings is 1. The fourth-order valence-electron chi connectivity index (χ4n) is 3.78. The Morgan fingerprint density at radius 3 is 2.59 bits per heavy atom. The van der Waals surface area contributed by atoms with Crippen LogP contribution < -0.4 is 10.6 Å². The summed E-state index contributed by atoms with van der Waals surface area (Å²) in [6.07, 6.45) is 2.65. The number of likely N-dealkylation sites (tertiary alicyclic amines) is 1. The molecule has 1 unspecified atom stereocenters. The van der Waals surface area contributed by atoms with Gasteiger partial charge >= 0.3 is 6.09 Å². The van der Waals surface area contributed by atoms with Gasteiger partial charge in [-0.05, 0) is 58.1 Å². The number of benzene rings is 1. The monoisotopic (exact) mass is 401 g/mol. The van der Waals surface area contributed by atoms with Gasteiger partial charge in [-0.1, -0.05) is 18.2 Å². The number of fused-ring (bicyclic) bond motifs is 1. The van der Waals surface area contributed by atoms with Gasteiger partial charge in [0.1, 0.15) is 5.60 Å². The van der Waals surface area contributed by atoms with Gasteiger partial charge in [0.15, 0.2) is 0 Å². The topological polar surface area (TPSA) is 87.7 Å². The van der Waals surface area contributed by atoms with Gasteiger partial charge in [-0.2, -0.15) is 0 Å². The Kier molecular flexibility index (Phi) is 6.45. The van der Waals surface area contributed by atoms with Crippen LogP contribution in [0.1, 0.15) is 52.0 Å². The van der Waals surface area contributed by atoms with Crippen LogP contribution in [0, 0.1) is 5.92 Å². The van der Waals surface area contributed by atoms with E-state index in [1.807, 2.05) is 45.0 Å². The first-order chi connectivity index (χ1) is 13.7. The maximum atomic E-state index is 12.4. The first-order valence-corrected chi connectivity index (χ1v) is 10.4. The molecule has 158 valence electrons. The Bertz CT molecular complexity index is 764. The molecule has 2 aliphatic heterocycles. The van der Waals surface area contributed by atoms with E-state index in [1.54, 1.807) is 4.90 Å². The molecule has 1 saturated heterocycles. The molecule has 2 N–H and O–H groups in total. The second-order valence-electron chi connectivity index (χ2n) is 8.90. The van der Waals surface area contributed by atoms with E-state index in [2.05, 4.69) is 10.6 Å². The molecule has 0 saturated carbocycles. The molecule has 29 heavy (non-hydrogen) atoms. The van der Waals surface area contributed by atoms with Crippen molar-refractivity contribution in [3.8, 4) is 0 Å². The fraction of sp³-hybridized carbons (Fsp3) is 0.591. The lowest BCUT2D eigenvalue weighted by molar-refractivity contribution is -0.123. The zero-order chi connectivity index (χ0) is 21.0. The Balaban J connectivity index is 1.40. The lowest BCUT2D eigenvalue weighted by atomic mass is 9.89. The molecular weight excluding hydrogens is 370 g/mol. The van der Waals surface area contributed by atoms with Gasteiger partial charge in [-0.25, -0.2) is 4.79 Å². The van der Waals surface area contributed by atoms with Crippen LogP contribution >= 0.6 is 0 Å². The predicted octanol–water partition coefficient (Wildman–Crippen LogP) is 3.09. The number of hydrogen-bond acceptors (Lipinski definition) is 4. The van der Waals surface area contributed by atoms with Crippen LogP contribution in [-0.4, -0.2) is 47.5 Å². The molecule has 7 nitrogen and oxygen atoms in total. The predicted molar refractivity (Wildman–Crippen MR) is 110 cm³/mol. The van der Waals surface area contributed by atoms with Crippen molar-refractivity contribution < 1.29 is 19.1 Å². The highest BCUT2D eigenvalue weighted by Crippen LogP contribution is 2.27. The molecule has 0 aromatic heterocycles. The van der Waals surface area contributed by atoms with Crippen LogP contribution in [0.5, 0.6) is 0 Å². The summed E-state index contributed by atoms with van der Waals surface area (Å²) in [6.45, 7) is 6.69. The van der Waals surface area contributed by atoms with E-state index >= 15 is 0 Å². The van der Waals surface area contributed by atoms with E-state index in [4.69, 9.17) is 4.74 Å². The van der Waals surface area contributed by atoms with Crippen molar-refractivity contribution in [2.24, 2.45) is 5.92 Å². The molecule has 0 radical (unpaired) electrons. The Hall–Kier alpha value is -2.57. The van der Waals surface area contributed by atoms with Gasteiger partial charge in [0, 0.05) is 37.2 Å². The van der Waals surface area contributed by atoms with Gasteiger partial charge in [-0.15, -0.1) is 0 Å². The number of hydrogen-bond donors (Lipinski definition) is 2. The van der Waals surface area contributed by atoms with Crippen LogP contribution in [-0.2, 0) is 20.7 Å². The van der Waals surface area contributed by atoms with E-state index in [9.17, 15) is 14.4 Å². The van der Waals surface area contributed by atoms with Crippen molar-refractivity contribution in [2.75, 3.05) is 18.4 Å². The zero-order valence-corrected chi connectivity index (χ0v) is 17.5. The van der Waals surface area contributed by atoms with Crippen LogP contribution in [0.15, 0.2) is 24.3 Å². The van der Waals surface area contributed by atoms with Crippen molar-refractivity contribution in [1.82, 2.24) is 10.2 Å². The number of nitrogens with one attached hydrogen (secondary N) is 2. The van der Waals surface area contributed by atoms with E-state index in [-0.39, 0.29) is 29.9 Å². The molecular formula is C22H31N3O4. The van der Waals surface area contributed by atoms with E-state index < -0.39 is 5.60 Å². The van der Waals surface area contributed by atoms with Crippen molar-refractivity contribution in [2.45, 2.75) is 64.5 Å². The lowest BCUT2D eigenvalue weighted by Gasteiger charge is -2.33. The van der Waals surface area contributed by atoms with E-state index in [0.717, 1.165) is 11.3 Å². The molecule has 2 aliphatic rings. The molecule has 1 aromatic rings. The highest BCUT2D eigenvalue weighted by atomic mass is 16.6. The van der Waals surface area contributed by atoms with Crippen LogP contribution in [0.4, 0.5) is 10.5 Å². The Labute approximate surface area is 172 Å². The number of para-hydroxylation sites is 1. The smallest absolute Gasteiger partial charge is 0.410 e. The molecule has 2 heterocycles. The SMILES string of the molecule is CC(C)(C)OC(=O)N1CCC(NC(=O)CCC2Cc3ccccc3NC2=O)CC1. The highest BCUT2D eigenvalue weighted by Gasteiger charge is 2.29. The number of anilines is 1. The number of nitrogens with zero attached hydrogens (tertiary/aromatic N) is 1. The highest BCUT2D eigenvalue weighted by molar-refractivity contribution is 5.96. The summed E-state index contributed by atoms with van der Waals surface area (Å²) < 4.78 is 5.40. The van der Waals surface area contributed by atoms with Gasteiger partial charge in [0.2, 0.25) is 11.8 Å². The Morgan fingerprint density at radius 2 is 1.90 bits per heavy atom. The van der Waals surface area contributed by atoms with Gasteiger partial charge < -0.3 is 20.3 Å². The first kappa shape index (κ1) is 21.1. The van der Waals surface area contributed by atoms with Gasteiger partial charge in [-0.3, -0.25) is 9.59 Å². The van der Waals surface area contributed by atoms with Crippen molar-refractivity contribution in [3.05, 3.63) is 29.8 Å². The first-order valence-electron chi connectivity index (χ1n) is 10.4. The van der Waals surface area contributed by atoms with E-state index in [0.29, 0.717) is 45.2 Å². The van der Waals surface area contributed by atoms with Gasteiger partial charge in [0.05, 0.1) is 0 Å². The summed E-state index contributed by atoms with van der Waals surface area (Å²) in [7, 11) is 0. The summed E-state index contributed by atoms with van der Waals surface area (Å²) in [5.74, 6) is -0.223. The fourth-order valence-corrected chi connectivity index (χ4v) is 3.78. The summed E-state index contributed by atoms with van der Waals surface area (Å²) >= 11 is 0. The number of carbonyl (C=O) groups excluding carboxylic acids is 3. The minimum atomic E-state index is -0.506. The van der Waals surface area contributed by atoms with Gasteiger partial charge in [0.25, 0.3) is 0 Å². The molecule has 0 spiro atoms. The summed E-state index contributed by atoms with van der Waals surface area (Å²) in [5.41, 5.74) is 1.48. The Morgan fingerprint density at radius 1 is 1.21 bits per heavy atom. The minimum Gasteiger partial charge on any atom is -0.444 e. The number of ether oxygens (including phenoxy) is 1. The van der Waals surface area contributed by atoms with Crippen LogP contribution in [0.3, 0.4) is 0 Å². The molecule has 1 aromatic carbocycles. The quantitative estimate of drug-likeness (QED) is 0.812. The van der Waals surface area contributed by atoms with Crippen LogP contribution in [0.2, 0.25) is 0 Å². The second kappa shape index (κ2) is 8.84. The van der Waals surface area contributed by atoms with Crippen molar-refractivity contribution in [3.63, 3.8) is 0 Å². The molecule has 3 rings (SSSR count). The number of carbonyl (C=O) groups is 3. The normalized spacial score (nSPS) is 19.9. The summed E-state index contributed by atoms with van der Waals surface area (Å²) in [6, 6.07) is 7.84. The molecule has 0 aliphatic carbocycles. The largest absolute Gasteiger partial charge is 0.444 e. The number of amides is 3. The third kappa shape index (κ3) is 5.95. The third-order valence-corrected chi connectivity index (χ3v) is 5.34. The molecule has 1 atom stereocenters. The second-order valence-corrected chi connectivity index (χ2v) is 8.90. The number of rotatable bonds is 4. The van der Waals surface area contributed by atoms with Crippen molar-refractivity contribution in [1.29, 1.82) is 0 Å². The molecule has 0 bridgehead atoms. The van der Waals surface area contributed by atoms with Crippen LogP contribution in [0.25, 0.3) is 0 Å². The molecule has 1 fully saturated rings. The third-order valence-electron chi connectivity index (χ3n) is 5.34. The standard InChI is InChI=1S/C22H31N3O4/c1-22(2,3)29-21(28)25-12-10-17(11-13-25)23-19(26)9-8-16-14-15-6-4-5-7-18(15)24-20(16)27/h4-7,16-17H,8-14H2,1-3H3,(H,23,26)(H,24,27).